The number of rotatable bonds is 6. The van der Waals surface area contributed by atoms with Crippen LogP contribution in [0.4, 0.5) is 0 Å². The maximum atomic E-state index is 12.1. The van der Waals surface area contributed by atoms with Crippen LogP contribution >= 0.6 is 24.0 Å². The average Bonchev–Trinajstić information content (AvgIpc) is 3.21. The molecule has 112 valence electrons. The first kappa shape index (κ1) is 17.3. The molecular formula is C15H22Cl2N2O. The smallest absolute Gasteiger partial charge is 0.236 e. The Morgan fingerprint density at radius 3 is 2.80 bits per heavy atom. The first-order valence-electron chi connectivity index (χ1n) is 6.79. The predicted octanol–water partition coefficient (Wildman–Crippen LogP) is 3.28. The van der Waals surface area contributed by atoms with Gasteiger partial charge in [0.1, 0.15) is 0 Å². The number of likely N-dealkylation sites (N-methyl/N-ethyl adjacent to an activating group) is 1. The van der Waals surface area contributed by atoms with E-state index in [9.17, 15) is 4.79 Å². The highest BCUT2D eigenvalue weighted by molar-refractivity contribution is 6.30. The number of hydrogen-bond donors (Lipinski definition) is 1. The number of halogens is 2. The predicted molar refractivity (Wildman–Crippen MR) is 85.5 cm³/mol. The number of carbonyl (C=O) groups is 1. The molecule has 1 fully saturated rings. The molecular weight excluding hydrogens is 295 g/mol. The zero-order chi connectivity index (χ0) is 13.8. The number of nitrogens with zero attached hydrogens (tertiary/aromatic N) is 1. The van der Waals surface area contributed by atoms with E-state index in [1.54, 1.807) is 4.90 Å². The Morgan fingerprint density at radius 2 is 2.20 bits per heavy atom. The van der Waals surface area contributed by atoms with Gasteiger partial charge in [0.25, 0.3) is 0 Å². The molecule has 0 radical (unpaired) electrons. The molecule has 0 aliphatic heterocycles. The second-order valence-electron chi connectivity index (χ2n) is 5.31. The lowest BCUT2D eigenvalue weighted by Gasteiger charge is -2.25. The molecule has 1 N–H and O–H groups in total. The zero-order valence-electron chi connectivity index (χ0n) is 11.9. The second-order valence-corrected chi connectivity index (χ2v) is 5.75. The van der Waals surface area contributed by atoms with E-state index in [0.717, 1.165) is 18.0 Å². The summed E-state index contributed by atoms with van der Waals surface area (Å²) in [5.74, 6) is 0.914. The van der Waals surface area contributed by atoms with E-state index >= 15 is 0 Å². The third-order valence-corrected chi connectivity index (χ3v) is 3.95. The summed E-state index contributed by atoms with van der Waals surface area (Å²) >= 11 is 5.98. The van der Waals surface area contributed by atoms with Gasteiger partial charge in [-0.25, -0.2) is 0 Å². The van der Waals surface area contributed by atoms with E-state index < -0.39 is 0 Å². The monoisotopic (exact) mass is 316 g/mol. The van der Waals surface area contributed by atoms with Crippen LogP contribution in [0.3, 0.4) is 0 Å². The van der Waals surface area contributed by atoms with Crippen molar-refractivity contribution in [2.24, 2.45) is 5.92 Å². The van der Waals surface area contributed by atoms with Crippen molar-refractivity contribution in [1.29, 1.82) is 0 Å². The number of carbonyl (C=O) groups excluding carboxylic acids is 1. The molecule has 1 atom stereocenters. The normalized spacial score (nSPS) is 15.3. The van der Waals surface area contributed by atoms with Crippen LogP contribution < -0.4 is 5.32 Å². The number of benzene rings is 1. The van der Waals surface area contributed by atoms with Gasteiger partial charge in [0.05, 0.1) is 12.6 Å². The summed E-state index contributed by atoms with van der Waals surface area (Å²) in [7, 11) is 1.84. The Morgan fingerprint density at radius 1 is 1.50 bits per heavy atom. The third kappa shape index (κ3) is 4.97. The number of amides is 1. The van der Waals surface area contributed by atoms with Crippen LogP contribution in [0.2, 0.25) is 5.02 Å². The molecule has 1 amide bonds. The molecule has 1 aromatic rings. The van der Waals surface area contributed by atoms with Gasteiger partial charge >= 0.3 is 0 Å². The Balaban J connectivity index is 0.00000200. The van der Waals surface area contributed by atoms with Crippen molar-refractivity contribution in [2.45, 2.75) is 25.8 Å². The largest absolute Gasteiger partial charge is 0.338 e. The SMILES string of the molecule is CC(c1cccc(Cl)c1)N(C)C(=O)CNCC1CC1.Cl. The van der Waals surface area contributed by atoms with E-state index in [1.165, 1.54) is 12.8 Å². The van der Waals surface area contributed by atoms with E-state index in [4.69, 9.17) is 11.6 Å². The summed E-state index contributed by atoms with van der Waals surface area (Å²) < 4.78 is 0. The minimum Gasteiger partial charge on any atom is -0.338 e. The van der Waals surface area contributed by atoms with Crippen molar-refractivity contribution in [3.8, 4) is 0 Å². The standard InChI is InChI=1S/C15H21ClN2O.ClH/c1-11(13-4-3-5-14(16)8-13)18(2)15(19)10-17-9-12-6-7-12;/h3-5,8,11-12,17H,6-7,9-10H2,1-2H3;1H. The van der Waals surface area contributed by atoms with Crippen molar-refractivity contribution in [3.63, 3.8) is 0 Å². The van der Waals surface area contributed by atoms with Crippen LogP contribution in [-0.2, 0) is 4.79 Å². The second kappa shape index (κ2) is 7.87. The Kier molecular flexibility index (Phi) is 6.80. The van der Waals surface area contributed by atoms with Crippen LogP contribution in [0.25, 0.3) is 0 Å². The lowest BCUT2D eigenvalue weighted by Crippen LogP contribution is -2.37. The Bertz CT molecular complexity index is 449. The van der Waals surface area contributed by atoms with E-state index in [0.29, 0.717) is 11.6 Å². The fraction of sp³-hybridized carbons (Fsp3) is 0.533. The van der Waals surface area contributed by atoms with Crippen LogP contribution in [0.15, 0.2) is 24.3 Å². The fourth-order valence-electron chi connectivity index (χ4n) is 2.04. The molecule has 1 aliphatic rings. The molecule has 20 heavy (non-hydrogen) atoms. The highest BCUT2D eigenvalue weighted by Gasteiger charge is 2.22. The molecule has 2 rings (SSSR count). The molecule has 1 unspecified atom stereocenters. The highest BCUT2D eigenvalue weighted by atomic mass is 35.5. The number of hydrogen-bond acceptors (Lipinski definition) is 2. The average molecular weight is 317 g/mol. The van der Waals surface area contributed by atoms with Crippen LogP contribution in [0, 0.1) is 5.92 Å². The topological polar surface area (TPSA) is 32.3 Å². The maximum absolute atomic E-state index is 12.1. The van der Waals surface area contributed by atoms with Gasteiger partial charge in [-0.05, 0) is 49.9 Å². The first-order chi connectivity index (χ1) is 9.08. The van der Waals surface area contributed by atoms with Gasteiger partial charge in [0.2, 0.25) is 5.91 Å². The van der Waals surface area contributed by atoms with Crippen molar-refractivity contribution in [3.05, 3.63) is 34.9 Å². The third-order valence-electron chi connectivity index (χ3n) is 3.71. The molecule has 0 aromatic heterocycles. The van der Waals surface area contributed by atoms with Crippen LogP contribution in [0.5, 0.6) is 0 Å². The summed E-state index contributed by atoms with van der Waals surface area (Å²) in [5.41, 5.74) is 1.06. The fourth-order valence-corrected chi connectivity index (χ4v) is 2.23. The Labute approximate surface area is 132 Å². The Hall–Kier alpha value is -0.770. The lowest BCUT2D eigenvalue weighted by molar-refractivity contribution is -0.130. The van der Waals surface area contributed by atoms with Crippen molar-refractivity contribution < 1.29 is 4.79 Å². The molecule has 1 aromatic carbocycles. The summed E-state index contributed by atoms with van der Waals surface area (Å²) in [6, 6.07) is 7.70. The molecule has 1 saturated carbocycles. The summed E-state index contributed by atoms with van der Waals surface area (Å²) in [6.45, 7) is 3.40. The van der Waals surface area contributed by atoms with E-state index in [1.807, 2.05) is 38.2 Å². The number of nitrogens with one attached hydrogen (secondary N) is 1. The molecule has 0 heterocycles. The molecule has 5 heteroatoms. The van der Waals surface area contributed by atoms with E-state index in [2.05, 4.69) is 5.32 Å². The van der Waals surface area contributed by atoms with Crippen molar-refractivity contribution in [1.82, 2.24) is 10.2 Å². The van der Waals surface area contributed by atoms with E-state index in [-0.39, 0.29) is 24.4 Å². The minimum absolute atomic E-state index is 0. The van der Waals surface area contributed by atoms with Crippen molar-refractivity contribution >= 4 is 29.9 Å². The van der Waals surface area contributed by atoms with Gasteiger partial charge in [-0.3, -0.25) is 4.79 Å². The molecule has 0 bridgehead atoms. The van der Waals surface area contributed by atoms with Gasteiger partial charge < -0.3 is 10.2 Å². The summed E-state index contributed by atoms with van der Waals surface area (Å²) in [6.07, 6.45) is 2.60. The van der Waals surface area contributed by atoms with Gasteiger partial charge in [-0.15, -0.1) is 12.4 Å². The molecule has 3 nitrogen and oxygen atoms in total. The molecule has 0 saturated heterocycles. The van der Waals surface area contributed by atoms with Crippen molar-refractivity contribution in [2.75, 3.05) is 20.1 Å². The van der Waals surface area contributed by atoms with Gasteiger partial charge in [0, 0.05) is 12.1 Å². The minimum atomic E-state index is 0. The highest BCUT2D eigenvalue weighted by Crippen LogP contribution is 2.27. The van der Waals surface area contributed by atoms with Crippen LogP contribution in [-0.4, -0.2) is 30.9 Å². The van der Waals surface area contributed by atoms with Gasteiger partial charge in [-0.1, -0.05) is 23.7 Å². The van der Waals surface area contributed by atoms with Gasteiger partial charge in [0.15, 0.2) is 0 Å². The zero-order valence-corrected chi connectivity index (χ0v) is 13.5. The summed E-state index contributed by atoms with van der Waals surface area (Å²) in [4.78, 5) is 13.8. The summed E-state index contributed by atoms with van der Waals surface area (Å²) in [5, 5.41) is 3.93. The molecule has 1 aliphatic carbocycles. The van der Waals surface area contributed by atoms with Gasteiger partial charge in [-0.2, -0.15) is 0 Å². The maximum Gasteiger partial charge on any atom is 0.236 e. The first-order valence-corrected chi connectivity index (χ1v) is 7.17. The molecule has 0 spiro atoms. The lowest BCUT2D eigenvalue weighted by atomic mass is 10.1. The quantitative estimate of drug-likeness (QED) is 0.873. The van der Waals surface area contributed by atoms with Crippen LogP contribution in [0.1, 0.15) is 31.4 Å².